The fourth-order valence-corrected chi connectivity index (χ4v) is 1.29. The van der Waals surface area contributed by atoms with Crippen LogP contribution in [-0.4, -0.2) is 44.4 Å². The highest BCUT2D eigenvalue weighted by Crippen LogP contribution is 1.92. The summed E-state index contributed by atoms with van der Waals surface area (Å²) in [6.07, 6.45) is 2.62. The molecule has 1 amide bonds. The summed E-state index contributed by atoms with van der Waals surface area (Å²) in [4.78, 5) is 25.7. The lowest BCUT2D eigenvalue weighted by Crippen LogP contribution is -2.37. The van der Waals surface area contributed by atoms with Gasteiger partial charge in [-0.1, -0.05) is 0 Å². The third-order valence-electron chi connectivity index (χ3n) is 2.24. The molecule has 94 valence electrons. The molecule has 0 aliphatic heterocycles. The van der Waals surface area contributed by atoms with Gasteiger partial charge in [0.05, 0.1) is 12.7 Å². The van der Waals surface area contributed by atoms with Crippen LogP contribution in [0.3, 0.4) is 0 Å². The normalized spacial score (nSPS) is 12.1. The number of hydrogen-bond acceptors (Lipinski definition) is 4. The summed E-state index contributed by atoms with van der Waals surface area (Å²) in [5.74, 6) is -0.426. The Bertz CT molecular complexity index is 416. The maximum atomic E-state index is 11.7. The van der Waals surface area contributed by atoms with Crippen molar-refractivity contribution in [3.05, 3.63) is 34.2 Å². The zero-order chi connectivity index (χ0) is 12.7. The fourth-order valence-electron chi connectivity index (χ4n) is 1.29. The van der Waals surface area contributed by atoms with Gasteiger partial charge in [0.15, 0.2) is 5.43 Å². The van der Waals surface area contributed by atoms with E-state index in [4.69, 9.17) is 9.47 Å². The van der Waals surface area contributed by atoms with Gasteiger partial charge < -0.3 is 19.8 Å². The van der Waals surface area contributed by atoms with E-state index in [0.29, 0.717) is 6.61 Å². The Morgan fingerprint density at radius 3 is 2.88 bits per heavy atom. The van der Waals surface area contributed by atoms with Gasteiger partial charge in [0.2, 0.25) is 0 Å². The molecule has 0 aliphatic carbocycles. The third kappa shape index (κ3) is 4.01. The van der Waals surface area contributed by atoms with Crippen LogP contribution in [0, 0.1) is 0 Å². The first-order chi connectivity index (χ1) is 8.19. The fraction of sp³-hybridized carbons (Fsp3) is 0.455. The predicted molar refractivity (Wildman–Crippen MR) is 62.1 cm³/mol. The molecule has 0 spiro atoms. The molecule has 1 aromatic heterocycles. The van der Waals surface area contributed by atoms with Crippen LogP contribution in [0.1, 0.15) is 10.4 Å². The number of pyridine rings is 1. The summed E-state index contributed by atoms with van der Waals surface area (Å²) in [6, 6.07) is 1.30. The molecule has 0 aromatic carbocycles. The monoisotopic (exact) mass is 240 g/mol. The van der Waals surface area contributed by atoms with Crippen molar-refractivity contribution in [1.82, 2.24) is 10.3 Å². The molecule has 0 fully saturated rings. The molecular formula is C11H16N2O4. The molecule has 6 nitrogen and oxygen atoms in total. The molecular weight excluding hydrogens is 224 g/mol. The second-order valence-corrected chi connectivity index (χ2v) is 3.45. The van der Waals surface area contributed by atoms with Crippen LogP contribution in [0.2, 0.25) is 0 Å². The van der Waals surface area contributed by atoms with Crippen molar-refractivity contribution in [2.75, 3.05) is 27.4 Å². The van der Waals surface area contributed by atoms with Gasteiger partial charge >= 0.3 is 0 Å². The van der Waals surface area contributed by atoms with Gasteiger partial charge in [-0.3, -0.25) is 9.59 Å². The second kappa shape index (κ2) is 6.82. The largest absolute Gasteiger partial charge is 0.382 e. The summed E-state index contributed by atoms with van der Waals surface area (Å²) in [5.41, 5.74) is -0.235. The first-order valence-electron chi connectivity index (χ1n) is 5.16. The average molecular weight is 240 g/mol. The molecule has 0 bridgehead atoms. The smallest absolute Gasteiger partial charge is 0.256 e. The van der Waals surface area contributed by atoms with Gasteiger partial charge in [0.25, 0.3) is 5.91 Å². The van der Waals surface area contributed by atoms with Gasteiger partial charge in [-0.25, -0.2) is 0 Å². The van der Waals surface area contributed by atoms with Crippen LogP contribution in [0.5, 0.6) is 0 Å². The summed E-state index contributed by atoms with van der Waals surface area (Å²) < 4.78 is 9.99. The van der Waals surface area contributed by atoms with Gasteiger partial charge in [-0.15, -0.1) is 0 Å². The second-order valence-electron chi connectivity index (χ2n) is 3.45. The third-order valence-corrected chi connectivity index (χ3v) is 2.24. The highest BCUT2D eigenvalue weighted by atomic mass is 16.5. The number of rotatable bonds is 6. The first kappa shape index (κ1) is 13.4. The Morgan fingerprint density at radius 1 is 1.53 bits per heavy atom. The highest BCUT2D eigenvalue weighted by Gasteiger charge is 2.12. The maximum Gasteiger partial charge on any atom is 0.256 e. The molecule has 0 radical (unpaired) electrons. The van der Waals surface area contributed by atoms with E-state index in [1.54, 1.807) is 7.11 Å². The quantitative estimate of drug-likeness (QED) is 0.719. The molecule has 0 saturated carbocycles. The minimum Gasteiger partial charge on any atom is -0.382 e. The Morgan fingerprint density at radius 2 is 2.29 bits per heavy atom. The number of methoxy groups -OCH3 is 2. The van der Waals surface area contributed by atoms with E-state index >= 15 is 0 Å². The zero-order valence-corrected chi connectivity index (χ0v) is 9.86. The minimum absolute atomic E-state index is 0.0831. The standard InChI is InChI=1S/C11H16N2O4/c1-16-7-8(17-2)5-13-11(15)9-6-12-4-3-10(9)14/h3-4,6,8H,5,7H2,1-2H3,(H,12,14)(H,13,15). The summed E-state index contributed by atoms with van der Waals surface area (Å²) in [5, 5.41) is 2.61. The molecule has 2 N–H and O–H groups in total. The summed E-state index contributed by atoms with van der Waals surface area (Å²) in [7, 11) is 3.08. The number of carbonyl (C=O) groups excluding carboxylic acids is 1. The summed E-state index contributed by atoms with van der Waals surface area (Å²) in [6.45, 7) is 0.666. The number of aromatic amines is 1. The minimum atomic E-state index is -0.426. The van der Waals surface area contributed by atoms with Crippen molar-refractivity contribution >= 4 is 5.91 Å². The van der Waals surface area contributed by atoms with Gasteiger partial charge in [-0.2, -0.15) is 0 Å². The Balaban J connectivity index is 2.55. The van der Waals surface area contributed by atoms with Gasteiger partial charge in [0.1, 0.15) is 5.56 Å². The van der Waals surface area contributed by atoms with Crippen LogP contribution >= 0.6 is 0 Å². The van der Waals surface area contributed by atoms with Crippen LogP contribution in [0.15, 0.2) is 23.3 Å². The van der Waals surface area contributed by atoms with Crippen LogP contribution < -0.4 is 10.7 Å². The number of amides is 1. The van der Waals surface area contributed by atoms with Gasteiger partial charge in [-0.05, 0) is 0 Å². The Kier molecular flexibility index (Phi) is 5.38. The average Bonchev–Trinajstić information content (AvgIpc) is 2.34. The topological polar surface area (TPSA) is 80.4 Å². The molecule has 1 aromatic rings. The highest BCUT2D eigenvalue weighted by molar-refractivity contribution is 5.93. The van der Waals surface area contributed by atoms with Crippen molar-refractivity contribution < 1.29 is 14.3 Å². The van der Waals surface area contributed by atoms with Crippen LogP contribution in [-0.2, 0) is 9.47 Å². The Hall–Kier alpha value is -1.66. The predicted octanol–water partition coefficient (Wildman–Crippen LogP) is -0.234. The number of nitrogens with one attached hydrogen (secondary N) is 2. The molecule has 1 heterocycles. The molecule has 0 saturated heterocycles. The van der Waals surface area contributed by atoms with E-state index in [2.05, 4.69) is 10.3 Å². The molecule has 6 heteroatoms. The van der Waals surface area contributed by atoms with E-state index in [0.717, 1.165) is 0 Å². The number of aromatic nitrogens is 1. The SMILES string of the molecule is COCC(CNC(=O)c1c[nH]ccc1=O)OC. The number of hydrogen-bond donors (Lipinski definition) is 2. The van der Waals surface area contributed by atoms with Crippen LogP contribution in [0.4, 0.5) is 0 Å². The lowest BCUT2D eigenvalue weighted by atomic mass is 10.2. The van der Waals surface area contributed by atoms with Crippen molar-refractivity contribution in [2.24, 2.45) is 0 Å². The molecule has 1 unspecified atom stereocenters. The Labute approximate surface area is 98.9 Å². The number of carbonyl (C=O) groups is 1. The van der Waals surface area contributed by atoms with E-state index in [1.165, 1.54) is 25.6 Å². The van der Waals surface area contributed by atoms with E-state index in [-0.39, 0.29) is 23.6 Å². The van der Waals surface area contributed by atoms with E-state index in [9.17, 15) is 9.59 Å². The lowest BCUT2D eigenvalue weighted by Gasteiger charge is -2.14. The molecule has 1 atom stereocenters. The van der Waals surface area contributed by atoms with Crippen LogP contribution in [0.25, 0.3) is 0 Å². The van der Waals surface area contributed by atoms with E-state index < -0.39 is 5.91 Å². The lowest BCUT2D eigenvalue weighted by molar-refractivity contribution is 0.0285. The molecule has 17 heavy (non-hydrogen) atoms. The first-order valence-corrected chi connectivity index (χ1v) is 5.16. The molecule has 1 rings (SSSR count). The van der Waals surface area contributed by atoms with Crippen molar-refractivity contribution in [3.63, 3.8) is 0 Å². The summed E-state index contributed by atoms with van der Waals surface area (Å²) >= 11 is 0. The molecule has 0 aliphatic rings. The van der Waals surface area contributed by atoms with Gasteiger partial charge in [0, 0.05) is 39.2 Å². The maximum absolute atomic E-state index is 11.7. The van der Waals surface area contributed by atoms with Crippen molar-refractivity contribution in [1.29, 1.82) is 0 Å². The van der Waals surface area contributed by atoms with Crippen molar-refractivity contribution in [3.8, 4) is 0 Å². The number of ether oxygens (including phenoxy) is 2. The van der Waals surface area contributed by atoms with Crippen molar-refractivity contribution in [2.45, 2.75) is 6.10 Å². The van der Waals surface area contributed by atoms with E-state index in [1.807, 2.05) is 0 Å². The zero-order valence-electron chi connectivity index (χ0n) is 9.86. The number of H-pyrrole nitrogens is 1.